The molecule has 9 heteroatoms. The normalized spacial score (nSPS) is 14.2. The van der Waals surface area contributed by atoms with E-state index in [0.717, 1.165) is 51.4 Å². The first-order chi connectivity index (χ1) is 36.5. The fourth-order valence-corrected chi connectivity index (χ4v) is 10.1. The highest BCUT2D eigenvalue weighted by atomic mass is 31.2. The van der Waals surface area contributed by atoms with E-state index < -0.39 is 26.6 Å². The van der Waals surface area contributed by atoms with Crippen LogP contribution in [0.3, 0.4) is 0 Å². The summed E-state index contributed by atoms with van der Waals surface area (Å²) in [6, 6.07) is -0.906. The van der Waals surface area contributed by atoms with E-state index in [2.05, 4.69) is 67.8 Å². The Morgan fingerprint density at radius 2 is 0.787 bits per heavy atom. The lowest BCUT2D eigenvalue weighted by Crippen LogP contribution is -2.45. The van der Waals surface area contributed by atoms with Crippen molar-refractivity contribution in [2.24, 2.45) is 0 Å². The summed E-state index contributed by atoms with van der Waals surface area (Å²) in [5.74, 6) is -0.205. The van der Waals surface area contributed by atoms with Crippen molar-refractivity contribution in [3.05, 3.63) is 60.8 Å². The van der Waals surface area contributed by atoms with Gasteiger partial charge in [-0.1, -0.05) is 286 Å². The molecule has 3 atom stereocenters. The van der Waals surface area contributed by atoms with Crippen LogP contribution in [0, 0.1) is 0 Å². The summed E-state index contributed by atoms with van der Waals surface area (Å²) >= 11 is 0. The Labute approximate surface area is 466 Å². The van der Waals surface area contributed by atoms with Gasteiger partial charge in [0.15, 0.2) is 0 Å². The third kappa shape index (κ3) is 59.7. The van der Waals surface area contributed by atoms with Gasteiger partial charge in [-0.05, 0) is 70.6 Å². The number of unbranched alkanes of at least 4 members (excludes halogenated alkanes) is 38. The molecule has 0 aromatic carbocycles. The maximum absolute atomic E-state index is 13.0. The third-order valence-corrected chi connectivity index (χ3v) is 15.4. The number of quaternary nitrogens is 1. The fraction of sp³-hybridized carbons (Fsp3) is 0.833. The molecule has 0 heterocycles. The first-order valence-corrected chi connectivity index (χ1v) is 33.6. The first kappa shape index (κ1) is 73.2. The number of phosphoric ester groups is 1. The van der Waals surface area contributed by atoms with Crippen LogP contribution in [-0.4, -0.2) is 68.5 Å². The Balaban J connectivity index is 4.14. The van der Waals surface area contributed by atoms with Gasteiger partial charge in [0.05, 0.1) is 39.9 Å². The predicted octanol–water partition coefficient (Wildman–Crippen LogP) is 19.4. The number of rotatable bonds is 59. The van der Waals surface area contributed by atoms with Crippen molar-refractivity contribution in [3.8, 4) is 0 Å². The molecular formula is C66H125N2O6P. The molecule has 0 spiro atoms. The van der Waals surface area contributed by atoms with Gasteiger partial charge in [-0.2, -0.15) is 0 Å². The molecule has 0 rings (SSSR count). The van der Waals surface area contributed by atoms with Crippen molar-refractivity contribution in [2.45, 2.75) is 315 Å². The maximum Gasteiger partial charge on any atom is 0.268 e. The maximum atomic E-state index is 13.0. The molecule has 0 fully saturated rings. The molecule has 0 aliphatic heterocycles. The summed E-state index contributed by atoms with van der Waals surface area (Å²) in [5.41, 5.74) is 0. The molecule has 440 valence electrons. The van der Waals surface area contributed by atoms with Gasteiger partial charge in [0, 0.05) is 6.42 Å². The summed E-state index contributed by atoms with van der Waals surface area (Å²) < 4.78 is 23.4. The van der Waals surface area contributed by atoms with Gasteiger partial charge in [0.25, 0.3) is 7.82 Å². The van der Waals surface area contributed by atoms with E-state index >= 15 is 0 Å². The number of phosphoric acid groups is 1. The highest BCUT2D eigenvalue weighted by Crippen LogP contribution is 2.38. The van der Waals surface area contributed by atoms with E-state index in [1.165, 1.54) is 231 Å². The minimum Gasteiger partial charge on any atom is -0.756 e. The van der Waals surface area contributed by atoms with Crippen LogP contribution >= 0.6 is 7.82 Å². The van der Waals surface area contributed by atoms with Crippen LogP contribution in [0.5, 0.6) is 0 Å². The number of nitrogens with one attached hydrogen (secondary N) is 1. The Morgan fingerprint density at radius 3 is 1.17 bits per heavy atom. The van der Waals surface area contributed by atoms with Crippen LogP contribution < -0.4 is 10.2 Å². The standard InChI is InChI=1S/C66H125N2O6P/c1-6-8-10-12-14-16-18-20-22-24-26-28-30-31-32-33-34-35-36-37-38-40-42-44-46-48-50-52-54-56-58-60-66(70)67-64(63-74-75(71,72)73-62-61-68(3,4)5)65(69)59-57-55-53-51-49-47-45-43-41-39-29-27-25-23-21-19-17-15-13-11-9-7-2/h18,20,24,26,30-31,49,51,57,59,64-65,69H,6-17,19,21-23,25,27-29,32-48,50,52-56,58,60-63H2,1-5H3,(H-,67,70,71,72)/b20-18-,26-24-,31-30-,51-49+,59-57+. The van der Waals surface area contributed by atoms with E-state index in [1.54, 1.807) is 6.08 Å². The smallest absolute Gasteiger partial charge is 0.268 e. The summed E-state index contributed by atoms with van der Waals surface area (Å²) in [6.07, 6.45) is 77.5. The number of aliphatic hydroxyl groups is 1. The molecule has 8 nitrogen and oxygen atoms in total. The van der Waals surface area contributed by atoms with Gasteiger partial charge >= 0.3 is 0 Å². The molecule has 0 aliphatic carbocycles. The van der Waals surface area contributed by atoms with Gasteiger partial charge in [0.2, 0.25) is 5.91 Å². The molecule has 0 aromatic heterocycles. The average molecular weight is 1070 g/mol. The third-order valence-electron chi connectivity index (χ3n) is 14.4. The highest BCUT2D eigenvalue weighted by molar-refractivity contribution is 7.45. The second-order valence-electron chi connectivity index (χ2n) is 23.1. The largest absolute Gasteiger partial charge is 0.756 e. The number of likely N-dealkylation sites (N-methyl/N-ethyl adjacent to an activating group) is 1. The minimum atomic E-state index is -4.61. The van der Waals surface area contributed by atoms with Crippen molar-refractivity contribution in [1.29, 1.82) is 0 Å². The van der Waals surface area contributed by atoms with Gasteiger partial charge in [-0.3, -0.25) is 9.36 Å². The van der Waals surface area contributed by atoms with E-state index in [-0.39, 0.29) is 12.5 Å². The van der Waals surface area contributed by atoms with Crippen molar-refractivity contribution in [3.63, 3.8) is 0 Å². The average Bonchev–Trinajstić information content (AvgIpc) is 3.37. The van der Waals surface area contributed by atoms with Crippen LogP contribution in [0.4, 0.5) is 0 Å². The van der Waals surface area contributed by atoms with E-state index in [0.29, 0.717) is 17.4 Å². The lowest BCUT2D eigenvalue weighted by molar-refractivity contribution is -0.870. The van der Waals surface area contributed by atoms with Crippen LogP contribution in [0.25, 0.3) is 0 Å². The molecule has 0 radical (unpaired) electrons. The summed E-state index contributed by atoms with van der Waals surface area (Å²) in [6.45, 7) is 4.65. The predicted molar refractivity (Wildman–Crippen MR) is 325 cm³/mol. The van der Waals surface area contributed by atoms with E-state index in [4.69, 9.17) is 9.05 Å². The van der Waals surface area contributed by atoms with Crippen molar-refractivity contribution in [1.82, 2.24) is 5.32 Å². The molecule has 0 saturated carbocycles. The molecule has 2 N–H and O–H groups in total. The number of allylic oxidation sites excluding steroid dienone is 9. The molecule has 0 bridgehead atoms. The summed E-state index contributed by atoms with van der Waals surface area (Å²) in [7, 11) is 1.25. The lowest BCUT2D eigenvalue weighted by Gasteiger charge is -2.29. The second-order valence-corrected chi connectivity index (χ2v) is 24.5. The fourth-order valence-electron chi connectivity index (χ4n) is 9.41. The van der Waals surface area contributed by atoms with Crippen LogP contribution in [-0.2, 0) is 18.4 Å². The summed E-state index contributed by atoms with van der Waals surface area (Å²) in [5, 5.41) is 13.9. The molecule has 1 amide bonds. The molecule has 0 saturated heterocycles. The molecule has 0 aliphatic rings. The zero-order chi connectivity index (χ0) is 54.9. The van der Waals surface area contributed by atoms with Gasteiger partial charge in [-0.25, -0.2) is 0 Å². The van der Waals surface area contributed by atoms with Gasteiger partial charge in [0.1, 0.15) is 13.2 Å². The monoisotopic (exact) mass is 1070 g/mol. The van der Waals surface area contributed by atoms with E-state index in [9.17, 15) is 19.4 Å². The van der Waals surface area contributed by atoms with Crippen LogP contribution in [0.1, 0.15) is 303 Å². The van der Waals surface area contributed by atoms with Crippen molar-refractivity contribution in [2.75, 3.05) is 40.9 Å². The number of amides is 1. The topological polar surface area (TPSA) is 108 Å². The quantitative estimate of drug-likeness (QED) is 0.0272. The van der Waals surface area contributed by atoms with Crippen LogP contribution in [0.15, 0.2) is 60.8 Å². The summed E-state index contributed by atoms with van der Waals surface area (Å²) in [4.78, 5) is 25.6. The zero-order valence-electron chi connectivity index (χ0n) is 50.3. The molecule has 0 aromatic rings. The Morgan fingerprint density at radius 1 is 0.467 bits per heavy atom. The number of hydrogen-bond donors (Lipinski definition) is 2. The first-order valence-electron chi connectivity index (χ1n) is 32.2. The highest BCUT2D eigenvalue weighted by Gasteiger charge is 2.23. The molecule has 3 unspecified atom stereocenters. The number of carbonyl (C=O) groups excluding carboxylic acids is 1. The van der Waals surface area contributed by atoms with Crippen LogP contribution in [0.2, 0.25) is 0 Å². The van der Waals surface area contributed by atoms with Crippen molar-refractivity contribution < 1.29 is 32.9 Å². The van der Waals surface area contributed by atoms with E-state index in [1.807, 2.05) is 27.2 Å². The zero-order valence-corrected chi connectivity index (χ0v) is 51.1. The van der Waals surface area contributed by atoms with Crippen molar-refractivity contribution >= 4 is 13.7 Å². The number of carbonyl (C=O) groups is 1. The molecule has 75 heavy (non-hydrogen) atoms. The number of hydrogen-bond acceptors (Lipinski definition) is 6. The minimum absolute atomic E-state index is 0.00681. The Kier molecular flexibility index (Phi) is 55.5. The SMILES string of the molecule is CCCCCCC/C=C\C/C=C\C/C=C\CCCCCCCCCCCCCCCCCCC(=O)NC(COP(=O)([O-])OCC[N+](C)(C)C)C(O)/C=C/CC/C=C/CCCCCCCCCCCCCCCCCC. The number of aliphatic hydroxyl groups excluding tert-OH is 1. The number of nitrogens with zero attached hydrogens (tertiary/aromatic N) is 1. The lowest BCUT2D eigenvalue weighted by atomic mass is 10.0. The Hall–Kier alpha value is -1.80. The van der Waals surface area contributed by atoms with Gasteiger partial charge < -0.3 is 28.8 Å². The second kappa shape index (κ2) is 56.9. The molecular weight excluding hydrogens is 948 g/mol. The Bertz CT molecular complexity index is 1400. The van der Waals surface area contributed by atoms with Gasteiger partial charge in [-0.15, -0.1) is 0 Å².